The third-order valence-corrected chi connectivity index (χ3v) is 12.6. The summed E-state index contributed by atoms with van der Waals surface area (Å²) in [6.45, 7) is -2.49. The van der Waals surface area contributed by atoms with Crippen molar-refractivity contribution in [2.75, 3.05) is 26.9 Å². The minimum absolute atomic E-state index is 0.0763. The molecule has 15 atom stereocenters. The normalized spacial score (nSPS) is 29.5. The molecule has 0 bridgehead atoms. The molecule has 0 spiro atoms. The lowest BCUT2D eigenvalue weighted by Crippen LogP contribution is -2.65. The Balaban J connectivity index is 1.16. The molecule has 3 saturated heterocycles. The summed E-state index contributed by atoms with van der Waals surface area (Å²) in [4.78, 5) is 25.8. The number of phenolic OH excluding ortho intramolecular Hbond substituents is 6. The lowest BCUT2D eigenvalue weighted by Gasteiger charge is -2.45. The molecule has 0 radical (unpaired) electrons. The summed E-state index contributed by atoms with van der Waals surface area (Å²) in [7, 11) is 1.24. The van der Waals surface area contributed by atoms with Crippen molar-refractivity contribution in [3.05, 3.63) is 90.0 Å². The fraction of sp³-hybridized carbons (Fsp3) is 0.380. The van der Waals surface area contributed by atoms with Crippen LogP contribution in [-0.2, 0) is 33.2 Å². The van der Waals surface area contributed by atoms with E-state index in [0.717, 1.165) is 42.5 Å². The lowest BCUT2D eigenvalue weighted by atomic mass is 9.97. The van der Waals surface area contributed by atoms with Gasteiger partial charge in [0.1, 0.15) is 97.2 Å². The van der Waals surface area contributed by atoms with Crippen LogP contribution in [0.3, 0.4) is 0 Å². The minimum Gasteiger partial charge on any atom is -0.507 e. The van der Waals surface area contributed by atoms with Gasteiger partial charge < -0.3 is 119 Å². The molecule has 5 aromatic rings. The van der Waals surface area contributed by atoms with E-state index in [1.165, 1.54) is 49.6 Å². The molecule has 27 heteroatoms. The summed E-state index contributed by atoms with van der Waals surface area (Å²) < 4.78 is 58.0. The number of benzene rings is 4. The molecule has 4 heterocycles. The monoisotopic (exact) mass is 1090 g/mol. The summed E-state index contributed by atoms with van der Waals surface area (Å²) in [6.07, 6.45) is -26.8. The van der Waals surface area contributed by atoms with Gasteiger partial charge in [-0.05, 0) is 54.1 Å². The second-order valence-corrected chi connectivity index (χ2v) is 17.8. The summed E-state index contributed by atoms with van der Waals surface area (Å²) in [5.41, 5.74) is -0.100. The molecule has 0 saturated carbocycles. The molecule has 15 N–H and O–H groups in total. The molecule has 0 amide bonds. The Morgan fingerprint density at radius 1 is 0.571 bits per heavy atom. The number of carbonyl (C=O) groups is 2. The maximum Gasteiger partial charge on any atom is 0.402 e. The highest BCUT2D eigenvalue weighted by Crippen LogP contribution is 2.44. The van der Waals surface area contributed by atoms with Crippen LogP contribution in [0.15, 0.2) is 83.3 Å². The van der Waals surface area contributed by atoms with Crippen LogP contribution in [0.4, 0.5) is 0 Å². The maximum atomic E-state index is 13.0. The molecule has 3 fully saturated rings. The van der Waals surface area contributed by atoms with E-state index < -0.39 is 158 Å². The largest absolute Gasteiger partial charge is 0.507 e. The quantitative estimate of drug-likeness (QED) is 0.0242. The Labute approximate surface area is 433 Å². The highest BCUT2D eigenvalue weighted by Gasteiger charge is 2.53. The van der Waals surface area contributed by atoms with Gasteiger partial charge in [-0.15, -0.1) is 0 Å². The van der Waals surface area contributed by atoms with Crippen LogP contribution in [-0.4, -0.2) is 208 Å². The summed E-state index contributed by atoms with van der Waals surface area (Å²) in [5.74, 6) is -6.18. The summed E-state index contributed by atoms with van der Waals surface area (Å²) in [5, 5.41) is 158. The van der Waals surface area contributed by atoms with Gasteiger partial charge in [0, 0.05) is 24.3 Å². The van der Waals surface area contributed by atoms with Gasteiger partial charge in [-0.2, -0.15) is 0 Å². The van der Waals surface area contributed by atoms with Gasteiger partial charge in [0.25, 0.3) is 0 Å². The average Bonchev–Trinajstić information content (AvgIpc) is 3.44. The molecule has 77 heavy (non-hydrogen) atoms. The zero-order valence-electron chi connectivity index (χ0n) is 40.0. The van der Waals surface area contributed by atoms with Crippen molar-refractivity contribution in [2.24, 2.45) is 0 Å². The molecular weight excluding hydrogens is 1030 g/mol. The number of rotatable bonds is 16. The van der Waals surface area contributed by atoms with Gasteiger partial charge in [-0.3, -0.25) is 0 Å². The van der Waals surface area contributed by atoms with Crippen molar-refractivity contribution < 1.29 is 133 Å². The molecule has 8 rings (SSSR count). The topological polar surface area (TPSA) is 432 Å². The van der Waals surface area contributed by atoms with Crippen molar-refractivity contribution in [1.82, 2.24) is 0 Å². The molecule has 414 valence electrons. The second-order valence-electron chi connectivity index (χ2n) is 17.8. The van der Waals surface area contributed by atoms with Crippen molar-refractivity contribution >= 4 is 29.0 Å². The van der Waals surface area contributed by atoms with E-state index in [2.05, 4.69) is 0 Å². The lowest BCUT2D eigenvalue weighted by molar-refractivity contribution is -0.357. The number of esters is 2. The average molecular weight is 1090 g/mol. The van der Waals surface area contributed by atoms with E-state index in [1.54, 1.807) is 0 Å². The number of aromatic hydroxyl groups is 6. The first-order valence-corrected chi connectivity index (χ1v) is 23.2. The number of hydrogen-bond donors (Lipinski definition) is 15. The number of aliphatic hydroxyl groups is 9. The van der Waals surface area contributed by atoms with Crippen molar-refractivity contribution in [3.8, 4) is 63.1 Å². The van der Waals surface area contributed by atoms with Crippen LogP contribution in [0.2, 0.25) is 0 Å². The number of aliphatic hydroxyl groups excluding tert-OH is 9. The van der Waals surface area contributed by atoms with E-state index in [4.69, 9.17) is 47.0 Å². The molecule has 1 aromatic heterocycles. The highest BCUT2D eigenvalue weighted by atomic mass is 16.8. The van der Waals surface area contributed by atoms with Gasteiger partial charge in [0.2, 0.25) is 18.3 Å². The molecule has 0 aliphatic carbocycles. The summed E-state index contributed by atoms with van der Waals surface area (Å²) >= 11 is 0. The molecule has 4 aromatic carbocycles. The van der Waals surface area contributed by atoms with Gasteiger partial charge in [0.15, 0.2) is 46.9 Å². The Bertz CT molecular complexity index is 2950. The van der Waals surface area contributed by atoms with E-state index in [0.29, 0.717) is 0 Å². The SMILES string of the molecule is COc1cc(-c2[o+]c3cc(O)cc(O[C@@H]4O[C@H](CO)[C@@H](O)[C@H](O)[C@H]4O)c3cc2O[C@@H]2O[C@H](COC(=O)C=Cc3ccc(O)c(O)c3)[C@@H](O)[C@H](O)[C@H]2O[C@@H]2O[C@H](COC(=O)c3ccc(O)c(O)c3)[C@@H](O)[C@H](O)[C@H]2O)ccc1O. The van der Waals surface area contributed by atoms with Gasteiger partial charge in [-0.25, -0.2) is 14.0 Å². The number of methoxy groups -OCH3 is 1. The Morgan fingerprint density at radius 3 is 1.84 bits per heavy atom. The third kappa shape index (κ3) is 12.1. The van der Waals surface area contributed by atoms with Gasteiger partial charge in [0.05, 0.1) is 30.9 Å². The zero-order valence-corrected chi connectivity index (χ0v) is 40.0. The first-order valence-electron chi connectivity index (χ1n) is 23.2. The maximum absolute atomic E-state index is 13.0. The molecule has 0 unspecified atom stereocenters. The number of phenols is 6. The van der Waals surface area contributed by atoms with E-state index in [1.807, 2.05) is 0 Å². The van der Waals surface area contributed by atoms with E-state index in [-0.39, 0.29) is 50.7 Å². The van der Waals surface area contributed by atoms with E-state index >= 15 is 0 Å². The molecule has 3 aliphatic heterocycles. The molecular formula is C50H53O27+. The first kappa shape index (κ1) is 55.9. The van der Waals surface area contributed by atoms with Crippen LogP contribution < -0.4 is 14.2 Å². The predicted molar refractivity (Wildman–Crippen MR) is 253 cm³/mol. The van der Waals surface area contributed by atoms with Crippen molar-refractivity contribution in [3.63, 3.8) is 0 Å². The fourth-order valence-corrected chi connectivity index (χ4v) is 8.31. The molecule has 27 nitrogen and oxygen atoms in total. The predicted octanol–water partition coefficient (Wildman–Crippen LogP) is -1.07. The highest BCUT2D eigenvalue weighted by molar-refractivity contribution is 5.90. The first-order chi connectivity index (χ1) is 36.6. The van der Waals surface area contributed by atoms with Crippen molar-refractivity contribution in [2.45, 2.75) is 92.1 Å². The second kappa shape index (κ2) is 23.5. The number of fused-ring (bicyclic) bond motifs is 1. The Hall–Kier alpha value is -7.35. The third-order valence-electron chi connectivity index (χ3n) is 12.6. The Morgan fingerprint density at radius 2 is 1.17 bits per heavy atom. The standard InChI is InChI=1S/C50H52O27/c1-68-31-12-20(4-8-26(31)55)45-32(15-23-29(71-45)13-22(52)14-30(23)72-48-43(65)40(62)37(59)33(16-51)74-48)73-50-46(42(64)39(61)34(76-50)17-69-36(58)9-3-19-2-6-24(53)27(56)10-19)77-49-44(66)41(63)38(60)35(75-49)18-70-47(67)21-5-7-25(54)28(57)11-21/h2-15,33-35,37-44,46,48-51,59-66H,16-18H2,1H3,(H5-,52,53,54,55,56,57,58,67)/p+1/t33-,34-,35-,37-,38-,39-,40+,41+,42+,43-,44-,46-,48-,49+,50-/m1/s1. The van der Waals surface area contributed by atoms with Gasteiger partial charge >= 0.3 is 23.3 Å². The van der Waals surface area contributed by atoms with Crippen molar-refractivity contribution in [1.29, 1.82) is 0 Å². The minimum atomic E-state index is -2.18. The van der Waals surface area contributed by atoms with Crippen LogP contribution in [0.5, 0.6) is 51.7 Å². The van der Waals surface area contributed by atoms with Crippen LogP contribution in [0.1, 0.15) is 15.9 Å². The number of carbonyl (C=O) groups excluding carboxylic acids is 2. The zero-order chi connectivity index (χ0) is 55.6. The Kier molecular flexibility index (Phi) is 17.0. The fourth-order valence-electron chi connectivity index (χ4n) is 8.31. The number of ether oxygens (including phenoxy) is 9. The number of hydrogen-bond acceptors (Lipinski definition) is 26. The van der Waals surface area contributed by atoms with Gasteiger partial charge in [-0.1, -0.05) is 6.07 Å². The van der Waals surface area contributed by atoms with Crippen LogP contribution >= 0.6 is 0 Å². The van der Waals surface area contributed by atoms with Crippen LogP contribution in [0.25, 0.3) is 28.4 Å². The van der Waals surface area contributed by atoms with E-state index in [9.17, 15) is 86.2 Å². The van der Waals surface area contributed by atoms with Crippen LogP contribution in [0, 0.1) is 0 Å². The molecule has 3 aliphatic rings. The smallest absolute Gasteiger partial charge is 0.402 e. The summed E-state index contributed by atoms with van der Waals surface area (Å²) in [6, 6.07) is 13.9.